The average Bonchev–Trinajstić information content (AvgIpc) is 3.44. The lowest BCUT2D eigenvalue weighted by Gasteiger charge is -2.23. The number of nitrogens with zero attached hydrogens (tertiary/aromatic N) is 1. The summed E-state index contributed by atoms with van der Waals surface area (Å²) in [5.41, 5.74) is 0.781. The number of hydrogen-bond acceptors (Lipinski definition) is 3. The van der Waals surface area contributed by atoms with Gasteiger partial charge in [0.1, 0.15) is 11.2 Å². The van der Waals surface area contributed by atoms with Crippen molar-refractivity contribution in [2.75, 3.05) is 19.5 Å². The van der Waals surface area contributed by atoms with Gasteiger partial charge in [0.2, 0.25) is 11.8 Å². The van der Waals surface area contributed by atoms with Crippen LogP contribution in [0.4, 0.5) is 5.69 Å². The zero-order valence-electron chi connectivity index (χ0n) is 14.5. The standard InChI is InChI=1S/C20H22N2O3/c1-22(14-15-6-4-3-5-7-15)19(24)20(12-13-20)18(23)21-16-8-10-17(25-2)11-9-16/h3-11H,12-14H2,1-2H3,(H,21,23). The average molecular weight is 338 g/mol. The van der Waals surface area contributed by atoms with Crippen molar-refractivity contribution in [1.29, 1.82) is 0 Å². The molecular weight excluding hydrogens is 316 g/mol. The van der Waals surface area contributed by atoms with Crippen LogP contribution >= 0.6 is 0 Å². The number of ether oxygens (including phenoxy) is 1. The normalized spacial score (nSPS) is 14.5. The Balaban J connectivity index is 1.65. The van der Waals surface area contributed by atoms with E-state index in [1.165, 1.54) is 0 Å². The Labute approximate surface area is 147 Å². The van der Waals surface area contributed by atoms with Crippen LogP contribution in [0.5, 0.6) is 5.75 Å². The predicted molar refractivity (Wildman–Crippen MR) is 96.2 cm³/mol. The number of methoxy groups -OCH3 is 1. The summed E-state index contributed by atoms with van der Waals surface area (Å²) in [6, 6.07) is 16.9. The van der Waals surface area contributed by atoms with Crippen molar-refractivity contribution in [3.63, 3.8) is 0 Å². The molecule has 3 rings (SSSR count). The Hall–Kier alpha value is -2.82. The van der Waals surface area contributed by atoms with Gasteiger partial charge in [-0.05, 0) is 42.7 Å². The number of carbonyl (C=O) groups is 2. The third kappa shape index (κ3) is 3.65. The Kier molecular flexibility index (Phi) is 4.74. The first kappa shape index (κ1) is 17.0. The van der Waals surface area contributed by atoms with Gasteiger partial charge in [-0.1, -0.05) is 30.3 Å². The van der Waals surface area contributed by atoms with Crippen molar-refractivity contribution in [3.8, 4) is 5.75 Å². The first-order chi connectivity index (χ1) is 12.0. The van der Waals surface area contributed by atoms with Gasteiger partial charge in [0.05, 0.1) is 7.11 Å². The molecule has 2 amide bonds. The minimum atomic E-state index is -0.927. The molecule has 25 heavy (non-hydrogen) atoms. The lowest BCUT2D eigenvalue weighted by Crippen LogP contribution is -2.40. The van der Waals surface area contributed by atoms with Crippen molar-refractivity contribution in [1.82, 2.24) is 4.90 Å². The van der Waals surface area contributed by atoms with E-state index < -0.39 is 5.41 Å². The van der Waals surface area contributed by atoms with Crippen molar-refractivity contribution < 1.29 is 14.3 Å². The molecular formula is C20H22N2O3. The summed E-state index contributed by atoms with van der Waals surface area (Å²) in [5.74, 6) is 0.364. The molecule has 130 valence electrons. The van der Waals surface area contributed by atoms with Crippen LogP contribution in [-0.4, -0.2) is 30.9 Å². The molecule has 5 heteroatoms. The molecule has 0 atom stereocenters. The largest absolute Gasteiger partial charge is 0.497 e. The molecule has 0 aromatic heterocycles. The van der Waals surface area contributed by atoms with Crippen molar-refractivity contribution >= 4 is 17.5 Å². The Bertz CT molecular complexity index is 752. The zero-order chi connectivity index (χ0) is 17.9. The van der Waals surface area contributed by atoms with Gasteiger partial charge in [-0.3, -0.25) is 9.59 Å². The van der Waals surface area contributed by atoms with E-state index in [1.54, 1.807) is 43.3 Å². The number of amides is 2. The Morgan fingerprint density at radius 1 is 1.08 bits per heavy atom. The van der Waals surface area contributed by atoms with Crippen molar-refractivity contribution in [2.45, 2.75) is 19.4 Å². The third-order valence-corrected chi connectivity index (χ3v) is 4.55. The highest BCUT2D eigenvalue weighted by Crippen LogP contribution is 2.48. The number of rotatable bonds is 6. The lowest BCUT2D eigenvalue weighted by molar-refractivity contribution is -0.141. The molecule has 1 saturated carbocycles. The maximum atomic E-state index is 12.8. The fourth-order valence-electron chi connectivity index (χ4n) is 2.88. The first-order valence-corrected chi connectivity index (χ1v) is 8.30. The molecule has 0 radical (unpaired) electrons. The third-order valence-electron chi connectivity index (χ3n) is 4.55. The van der Waals surface area contributed by atoms with Crippen LogP contribution in [0.3, 0.4) is 0 Å². The van der Waals surface area contributed by atoms with Gasteiger partial charge in [0, 0.05) is 19.3 Å². The summed E-state index contributed by atoms with van der Waals surface area (Å²) >= 11 is 0. The highest BCUT2D eigenvalue weighted by Gasteiger charge is 2.57. The molecule has 0 bridgehead atoms. The Morgan fingerprint density at radius 3 is 2.28 bits per heavy atom. The molecule has 1 aliphatic carbocycles. The summed E-state index contributed by atoms with van der Waals surface area (Å²) in [6.07, 6.45) is 1.18. The van der Waals surface area contributed by atoms with Crippen LogP contribution in [0.15, 0.2) is 54.6 Å². The van der Waals surface area contributed by atoms with E-state index in [2.05, 4.69) is 5.32 Å². The number of anilines is 1. The molecule has 0 spiro atoms. The van der Waals surface area contributed by atoms with E-state index in [-0.39, 0.29) is 11.8 Å². The summed E-state index contributed by atoms with van der Waals surface area (Å²) in [7, 11) is 3.34. The van der Waals surface area contributed by atoms with E-state index in [0.29, 0.717) is 25.1 Å². The van der Waals surface area contributed by atoms with Gasteiger partial charge in [-0.25, -0.2) is 0 Å². The van der Waals surface area contributed by atoms with Gasteiger partial charge < -0.3 is 15.0 Å². The fraction of sp³-hybridized carbons (Fsp3) is 0.300. The second-order valence-corrected chi connectivity index (χ2v) is 6.41. The minimum absolute atomic E-state index is 0.123. The van der Waals surface area contributed by atoms with Crippen LogP contribution in [0.1, 0.15) is 18.4 Å². The molecule has 5 nitrogen and oxygen atoms in total. The highest BCUT2D eigenvalue weighted by atomic mass is 16.5. The molecule has 0 aliphatic heterocycles. The maximum Gasteiger partial charge on any atom is 0.240 e. The van der Waals surface area contributed by atoms with Gasteiger partial charge in [-0.15, -0.1) is 0 Å². The number of hydrogen-bond donors (Lipinski definition) is 1. The van der Waals surface area contributed by atoms with E-state index in [0.717, 1.165) is 11.3 Å². The first-order valence-electron chi connectivity index (χ1n) is 8.30. The van der Waals surface area contributed by atoms with E-state index >= 15 is 0 Å². The van der Waals surface area contributed by atoms with Crippen LogP contribution in [0, 0.1) is 5.41 Å². The van der Waals surface area contributed by atoms with Gasteiger partial charge in [0.25, 0.3) is 0 Å². The van der Waals surface area contributed by atoms with Crippen LogP contribution in [0.25, 0.3) is 0 Å². The topological polar surface area (TPSA) is 58.6 Å². The Morgan fingerprint density at radius 2 is 1.72 bits per heavy atom. The molecule has 0 unspecified atom stereocenters. The molecule has 1 aliphatic rings. The lowest BCUT2D eigenvalue weighted by atomic mass is 10.0. The smallest absolute Gasteiger partial charge is 0.240 e. The highest BCUT2D eigenvalue weighted by molar-refractivity contribution is 6.12. The van der Waals surface area contributed by atoms with Gasteiger partial charge >= 0.3 is 0 Å². The van der Waals surface area contributed by atoms with Crippen molar-refractivity contribution in [2.24, 2.45) is 5.41 Å². The van der Waals surface area contributed by atoms with Crippen LogP contribution in [0.2, 0.25) is 0 Å². The molecule has 0 heterocycles. The molecule has 0 saturated heterocycles. The summed E-state index contributed by atoms with van der Waals surface area (Å²) in [4.78, 5) is 27.1. The monoisotopic (exact) mass is 338 g/mol. The van der Waals surface area contributed by atoms with Crippen LogP contribution in [-0.2, 0) is 16.1 Å². The summed E-state index contributed by atoms with van der Waals surface area (Å²) in [6.45, 7) is 0.497. The second-order valence-electron chi connectivity index (χ2n) is 6.41. The quantitative estimate of drug-likeness (QED) is 0.824. The van der Waals surface area contributed by atoms with E-state index in [4.69, 9.17) is 4.74 Å². The van der Waals surface area contributed by atoms with Crippen LogP contribution < -0.4 is 10.1 Å². The number of benzene rings is 2. The predicted octanol–water partition coefficient (Wildman–Crippen LogP) is 3.07. The SMILES string of the molecule is COc1ccc(NC(=O)C2(C(=O)N(C)Cc3ccccc3)CC2)cc1. The number of carbonyl (C=O) groups excluding carboxylic acids is 2. The van der Waals surface area contributed by atoms with Gasteiger partial charge in [-0.2, -0.15) is 0 Å². The molecule has 1 N–H and O–H groups in total. The van der Waals surface area contributed by atoms with E-state index in [1.807, 2.05) is 30.3 Å². The molecule has 2 aromatic carbocycles. The molecule has 2 aromatic rings. The summed E-state index contributed by atoms with van der Waals surface area (Å²) < 4.78 is 5.11. The van der Waals surface area contributed by atoms with Gasteiger partial charge in [0.15, 0.2) is 0 Å². The summed E-state index contributed by atoms with van der Waals surface area (Å²) in [5, 5.41) is 2.85. The fourth-order valence-corrected chi connectivity index (χ4v) is 2.88. The second kappa shape index (κ2) is 6.97. The number of nitrogens with one attached hydrogen (secondary N) is 1. The zero-order valence-corrected chi connectivity index (χ0v) is 14.5. The molecule has 1 fully saturated rings. The van der Waals surface area contributed by atoms with Crippen molar-refractivity contribution in [3.05, 3.63) is 60.2 Å². The van der Waals surface area contributed by atoms with E-state index in [9.17, 15) is 9.59 Å². The minimum Gasteiger partial charge on any atom is -0.497 e. The maximum absolute atomic E-state index is 12.8.